The van der Waals surface area contributed by atoms with Gasteiger partial charge >= 0.3 is 0 Å². The summed E-state index contributed by atoms with van der Waals surface area (Å²) in [7, 11) is 4.16. The molecule has 1 aromatic carbocycles. The van der Waals surface area contributed by atoms with E-state index in [1.165, 1.54) is 5.56 Å². The predicted octanol–water partition coefficient (Wildman–Crippen LogP) is 2.89. The van der Waals surface area contributed by atoms with Gasteiger partial charge in [0, 0.05) is 19.6 Å². The standard InChI is InChI=1S/C14H23BrN2O/c1-11(2)18-14-6-5-12(9-13(14)15)10-16-7-8-17(3)4/h5-6,9,11,16H,7-8,10H2,1-4H3. The van der Waals surface area contributed by atoms with E-state index in [9.17, 15) is 0 Å². The molecule has 18 heavy (non-hydrogen) atoms. The number of rotatable bonds is 7. The van der Waals surface area contributed by atoms with Gasteiger partial charge in [-0.05, 0) is 61.6 Å². The highest BCUT2D eigenvalue weighted by Gasteiger charge is 2.04. The van der Waals surface area contributed by atoms with Crippen LogP contribution in [0.3, 0.4) is 0 Å². The molecule has 1 aromatic rings. The van der Waals surface area contributed by atoms with E-state index in [1.807, 2.05) is 19.9 Å². The second kappa shape index (κ2) is 7.77. The Balaban J connectivity index is 2.46. The van der Waals surface area contributed by atoms with Crippen LogP contribution in [-0.4, -0.2) is 38.2 Å². The van der Waals surface area contributed by atoms with Crippen molar-refractivity contribution in [3.63, 3.8) is 0 Å². The van der Waals surface area contributed by atoms with Gasteiger partial charge in [0.05, 0.1) is 10.6 Å². The van der Waals surface area contributed by atoms with Crippen LogP contribution in [0, 0.1) is 0 Å². The quantitative estimate of drug-likeness (QED) is 0.783. The van der Waals surface area contributed by atoms with E-state index >= 15 is 0 Å². The third-order valence-electron chi connectivity index (χ3n) is 2.42. The fraction of sp³-hybridized carbons (Fsp3) is 0.571. The fourth-order valence-electron chi connectivity index (χ4n) is 1.54. The van der Waals surface area contributed by atoms with E-state index < -0.39 is 0 Å². The van der Waals surface area contributed by atoms with Crippen LogP contribution in [0.25, 0.3) is 0 Å². The smallest absolute Gasteiger partial charge is 0.133 e. The molecule has 3 nitrogen and oxygen atoms in total. The molecule has 1 rings (SSSR count). The van der Waals surface area contributed by atoms with E-state index in [-0.39, 0.29) is 6.10 Å². The van der Waals surface area contributed by atoms with Crippen LogP contribution in [0.4, 0.5) is 0 Å². The maximum Gasteiger partial charge on any atom is 0.133 e. The molecule has 102 valence electrons. The van der Waals surface area contributed by atoms with Gasteiger partial charge in [-0.2, -0.15) is 0 Å². The Kier molecular flexibility index (Phi) is 6.68. The third-order valence-corrected chi connectivity index (χ3v) is 3.04. The average molecular weight is 315 g/mol. The minimum Gasteiger partial charge on any atom is -0.490 e. The number of ether oxygens (including phenoxy) is 1. The summed E-state index contributed by atoms with van der Waals surface area (Å²) >= 11 is 3.55. The van der Waals surface area contributed by atoms with E-state index in [4.69, 9.17) is 4.74 Å². The highest BCUT2D eigenvalue weighted by atomic mass is 79.9. The molecule has 0 bridgehead atoms. The molecule has 0 saturated carbocycles. The summed E-state index contributed by atoms with van der Waals surface area (Å²) in [5.41, 5.74) is 1.26. The van der Waals surface area contributed by atoms with Crippen molar-refractivity contribution in [3.05, 3.63) is 28.2 Å². The van der Waals surface area contributed by atoms with Crippen LogP contribution in [0.2, 0.25) is 0 Å². The molecule has 0 aliphatic carbocycles. The number of likely N-dealkylation sites (N-methyl/N-ethyl adjacent to an activating group) is 1. The Morgan fingerprint density at radius 2 is 2.06 bits per heavy atom. The SMILES string of the molecule is CC(C)Oc1ccc(CNCCN(C)C)cc1Br. The lowest BCUT2D eigenvalue weighted by Gasteiger charge is -2.13. The van der Waals surface area contributed by atoms with Gasteiger partial charge in [0.2, 0.25) is 0 Å². The molecule has 0 amide bonds. The molecule has 0 spiro atoms. The van der Waals surface area contributed by atoms with Gasteiger partial charge in [-0.15, -0.1) is 0 Å². The topological polar surface area (TPSA) is 24.5 Å². The van der Waals surface area contributed by atoms with E-state index in [0.717, 1.165) is 29.9 Å². The van der Waals surface area contributed by atoms with Crippen LogP contribution in [-0.2, 0) is 6.54 Å². The molecule has 0 aliphatic heterocycles. The Morgan fingerprint density at radius 3 is 2.61 bits per heavy atom. The summed E-state index contributed by atoms with van der Waals surface area (Å²) in [5, 5.41) is 3.42. The first-order valence-corrected chi connectivity index (χ1v) is 7.09. The number of hydrogen-bond acceptors (Lipinski definition) is 3. The van der Waals surface area contributed by atoms with Crippen molar-refractivity contribution >= 4 is 15.9 Å². The van der Waals surface area contributed by atoms with Crippen molar-refractivity contribution in [2.45, 2.75) is 26.5 Å². The first kappa shape index (κ1) is 15.5. The maximum atomic E-state index is 5.68. The largest absolute Gasteiger partial charge is 0.490 e. The van der Waals surface area contributed by atoms with Crippen LogP contribution in [0.1, 0.15) is 19.4 Å². The van der Waals surface area contributed by atoms with Crippen LogP contribution >= 0.6 is 15.9 Å². The highest BCUT2D eigenvalue weighted by molar-refractivity contribution is 9.10. The molecule has 0 saturated heterocycles. The summed E-state index contributed by atoms with van der Waals surface area (Å²) in [5.74, 6) is 0.905. The molecule has 0 radical (unpaired) electrons. The Labute approximate surface area is 119 Å². The summed E-state index contributed by atoms with van der Waals surface area (Å²) in [6, 6.07) is 6.23. The monoisotopic (exact) mass is 314 g/mol. The molecule has 0 atom stereocenters. The van der Waals surface area contributed by atoms with Gasteiger partial charge in [-0.25, -0.2) is 0 Å². The van der Waals surface area contributed by atoms with E-state index in [2.05, 4.69) is 52.4 Å². The normalized spacial score (nSPS) is 11.3. The first-order chi connectivity index (χ1) is 8.49. The van der Waals surface area contributed by atoms with Crippen molar-refractivity contribution in [2.75, 3.05) is 27.2 Å². The fourth-order valence-corrected chi connectivity index (χ4v) is 2.06. The molecule has 0 unspecified atom stereocenters. The number of nitrogens with zero attached hydrogens (tertiary/aromatic N) is 1. The van der Waals surface area contributed by atoms with E-state index in [1.54, 1.807) is 0 Å². The Hall–Kier alpha value is -0.580. The van der Waals surface area contributed by atoms with Gasteiger partial charge in [-0.3, -0.25) is 0 Å². The third kappa shape index (κ3) is 5.85. The van der Waals surface area contributed by atoms with Gasteiger partial charge in [0.25, 0.3) is 0 Å². The summed E-state index contributed by atoms with van der Waals surface area (Å²) < 4.78 is 6.70. The van der Waals surface area contributed by atoms with Gasteiger partial charge < -0.3 is 15.0 Å². The van der Waals surface area contributed by atoms with Crippen molar-refractivity contribution in [1.29, 1.82) is 0 Å². The molecular formula is C14H23BrN2O. The van der Waals surface area contributed by atoms with Gasteiger partial charge in [0.1, 0.15) is 5.75 Å². The number of halogens is 1. The lowest BCUT2D eigenvalue weighted by molar-refractivity contribution is 0.241. The van der Waals surface area contributed by atoms with Crippen molar-refractivity contribution in [3.8, 4) is 5.75 Å². The van der Waals surface area contributed by atoms with Crippen LogP contribution < -0.4 is 10.1 Å². The summed E-state index contributed by atoms with van der Waals surface area (Å²) in [6.45, 7) is 6.99. The van der Waals surface area contributed by atoms with Crippen molar-refractivity contribution < 1.29 is 4.74 Å². The molecule has 0 heterocycles. The lowest BCUT2D eigenvalue weighted by atomic mass is 10.2. The predicted molar refractivity (Wildman–Crippen MR) is 80.2 cm³/mol. The zero-order valence-electron chi connectivity index (χ0n) is 11.7. The van der Waals surface area contributed by atoms with Crippen LogP contribution in [0.5, 0.6) is 5.75 Å². The second-order valence-electron chi connectivity index (χ2n) is 4.91. The molecule has 1 N–H and O–H groups in total. The average Bonchev–Trinajstić information content (AvgIpc) is 2.27. The molecule has 4 heteroatoms. The van der Waals surface area contributed by atoms with Gasteiger partial charge in [0.15, 0.2) is 0 Å². The number of hydrogen-bond donors (Lipinski definition) is 1. The van der Waals surface area contributed by atoms with Gasteiger partial charge in [-0.1, -0.05) is 6.07 Å². The van der Waals surface area contributed by atoms with E-state index in [0.29, 0.717) is 0 Å². The Morgan fingerprint density at radius 1 is 1.33 bits per heavy atom. The molecule has 0 fully saturated rings. The zero-order chi connectivity index (χ0) is 13.5. The van der Waals surface area contributed by atoms with Crippen molar-refractivity contribution in [1.82, 2.24) is 10.2 Å². The number of benzene rings is 1. The highest BCUT2D eigenvalue weighted by Crippen LogP contribution is 2.26. The summed E-state index contributed by atoms with van der Waals surface area (Å²) in [4.78, 5) is 2.17. The zero-order valence-corrected chi connectivity index (χ0v) is 13.3. The second-order valence-corrected chi connectivity index (χ2v) is 5.77. The minimum absolute atomic E-state index is 0.199. The maximum absolute atomic E-state index is 5.68. The van der Waals surface area contributed by atoms with Crippen molar-refractivity contribution in [2.24, 2.45) is 0 Å². The summed E-state index contributed by atoms with van der Waals surface area (Å²) in [6.07, 6.45) is 0.199. The molecule has 0 aliphatic rings. The number of nitrogens with one attached hydrogen (secondary N) is 1. The van der Waals surface area contributed by atoms with Crippen LogP contribution in [0.15, 0.2) is 22.7 Å². The first-order valence-electron chi connectivity index (χ1n) is 6.29. The minimum atomic E-state index is 0.199. The Bertz CT molecular complexity index is 367. The molecule has 0 aromatic heterocycles. The molecular weight excluding hydrogens is 292 g/mol. The lowest BCUT2D eigenvalue weighted by Crippen LogP contribution is -2.26.